The van der Waals surface area contributed by atoms with Gasteiger partial charge in [0.25, 0.3) is 5.91 Å². The van der Waals surface area contributed by atoms with Crippen LogP contribution in [0.25, 0.3) is 0 Å². The van der Waals surface area contributed by atoms with Gasteiger partial charge in [0.1, 0.15) is 5.75 Å². The summed E-state index contributed by atoms with van der Waals surface area (Å²) >= 11 is 0. The summed E-state index contributed by atoms with van der Waals surface area (Å²) in [4.78, 5) is 31.2. The van der Waals surface area contributed by atoms with Crippen LogP contribution in [0.1, 0.15) is 24.2 Å². The summed E-state index contributed by atoms with van der Waals surface area (Å²) in [6, 6.07) is 15.6. The van der Waals surface area contributed by atoms with Crippen molar-refractivity contribution in [3.05, 3.63) is 60.2 Å². The highest BCUT2D eigenvalue weighted by Gasteiger charge is 2.27. The number of amides is 2. The van der Waals surface area contributed by atoms with Crippen molar-refractivity contribution in [2.75, 3.05) is 37.6 Å². The summed E-state index contributed by atoms with van der Waals surface area (Å²) in [5, 5.41) is 0. The molecule has 0 bridgehead atoms. The molecule has 31 heavy (non-hydrogen) atoms. The minimum Gasteiger partial charge on any atom is -0.434 e. The van der Waals surface area contributed by atoms with Crippen molar-refractivity contribution in [1.82, 2.24) is 9.80 Å². The quantitative estimate of drug-likeness (QED) is 0.674. The summed E-state index contributed by atoms with van der Waals surface area (Å²) in [7, 11) is 0. The van der Waals surface area contributed by atoms with Crippen LogP contribution in [0, 0.1) is 0 Å². The van der Waals surface area contributed by atoms with E-state index in [0.717, 1.165) is 5.69 Å². The van der Waals surface area contributed by atoms with Gasteiger partial charge in [-0.25, -0.2) is 0 Å². The molecule has 0 radical (unpaired) electrons. The number of benzene rings is 2. The standard InChI is InChI=1S/C23H27F2N3O3/c1-17(2)28(18-8-4-3-5-9-18)21(29)16-26-12-14-27(15-13-26)22(30)19-10-6-7-11-20(19)31-23(24)25/h3-11,17,23H,12-16H2,1-2H3. The minimum absolute atomic E-state index is 0.00310. The number of carbonyl (C=O) groups is 2. The zero-order valence-corrected chi connectivity index (χ0v) is 17.7. The highest BCUT2D eigenvalue weighted by atomic mass is 19.3. The number of carbonyl (C=O) groups excluding carboxylic acids is 2. The number of halogens is 2. The number of rotatable bonds is 7. The maximum Gasteiger partial charge on any atom is 0.387 e. The first-order valence-corrected chi connectivity index (χ1v) is 10.3. The number of alkyl halides is 2. The molecule has 2 aromatic rings. The van der Waals surface area contributed by atoms with Crippen LogP contribution in [0.5, 0.6) is 5.75 Å². The van der Waals surface area contributed by atoms with E-state index in [1.54, 1.807) is 21.9 Å². The molecule has 2 amide bonds. The minimum atomic E-state index is -3.00. The van der Waals surface area contributed by atoms with E-state index in [-0.39, 0.29) is 35.7 Å². The number of piperazine rings is 1. The number of hydrogen-bond acceptors (Lipinski definition) is 4. The Balaban J connectivity index is 1.60. The molecule has 166 valence electrons. The van der Waals surface area contributed by atoms with Gasteiger partial charge in [0.2, 0.25) is 5.91 Å². The molecule has 6 nitrogen and oxygen atoms in total. The number of nitrogens with zero attached hydrogens (tertiary/aromatic N) is 3. The van der Waals surface area contributed by atoms with Crippen LogP contribution in [0.15, 0.2) is 54.6 Å². The van der Waals surface area contributed by atoms with Gasteiger partial charge in [0, 0.05) is 37.9 Å². The summed E-state index contributed by atoms with van der Waals surface area (Å²) in [5.41, 5.74) is 0.967. The molecule has 0 atom stereocenters. The van der Waals surface area contributed by atoms with Crippen molar-refractivity contribution in [2.24, 2.45) is 0 Å². The zero-order chi connectivity index (χ0) is 22.4. The van der Waals surface area contributed by atoms with Crippen LogP contribution in [-0.2, 0) is 4.79 Å². The van der Waals surface area contributed by atoms with E-state index in [1.807, 2.05) is 49.1 Å². The molecule has 1 fully saturated rings. The Bertz CT molecular complexity index is 885. The van der Waals surface area contributed by atoms with E-state index in [2.05, 4.69) is 4.74 Å². The maximum absolute atomic E-state index is 13.0. The average Bonchev–Trinajstić information content (AvgIpc) is 2.74. The first-order valence-electron chi connectivity index (χ1n) is 10.3. The number of anilines is 1. The van der Waals surface area contributed by atoms with Crippen LogP contribution in [-0.4, -0.2) is 67.0 Å². The van der Waals surface area contributed by atoms with E-state index in [4.69, 9.17) is 0 Å². The molecule has 0 aliphatic carbocycles. The molecule has 0 unspecified atom stereocenters. The van der Waals surface area contributed by atoms with Crippen molar-refractivity contribution >= 4 is 17.5 Å². The molecule has 2 aromatic carbocycles. The van der Waals surface area contributed by atoms with Crippen molar-refractivity contribution in [1.29, 1.82) is 0 Å². The fourth-order valence-electron chi connectivity index (χ4n) is 3.71. The Morgan fingerprint density at radius 3 is 2.19 bits per heavy atom. The molecule has 0 spiro atoms. The van der Waals surface area contributed by atoms with E-state index in [1.165, 1.54) is 12.1 Å². The van der Waals surface area contributed by atoms with Crippen LogP contribution in [0.2, 0.25) is 0 Å². The second-order valence-electron chi connectivity index (χ2n) is 7.64. The molecule has 0 saturated carbocycles. The third kappa shape index (κ3) is 5.79. The Hall–Kier alpha value is -3.00. The zero-order valence-electron chi connectivity index (χ0n) is 17.7. The van der Waals surface area contributed by atoms with Crippen LogP contribution < -0.4 is 9.64 Å². The fraction of sp³-hybridized carbons (Fsp3) is 0.391. The molecular weight excluding hydrogens is 404 g/mol. The third-order valence-corrected chi connectivity index (χ3v) is 5.17. The molecule has 0 aromatic heterocycles. The van der Waals surface area contributed by atoms with Gasteiger partial charge < -0.3 is 14.5 Å². The first kappa shape index (κ1) is 22.7. The highest BCUT2D eigenvalue weighted by molar-refractivity contribution is 5.97. The SMILES string of the molecule is CC(C)N(C(=O)CN1CCN(C(=O)c2ccccc2OC(F)F)CC1)c1ccccc1. The summed E-state index contributed by atoms with van der Waals surface area (Å²) in [5.74, 6) is -0.484. The van der Waals surface area contributed by atoms with Crippen molar-refractivity contribution < 1.29 is 23.1 Å². The van der Waals surface area contributed by atoms with Gasteiger partial charge in [0.05, 0.1) is 12.1 Å². The number of hydrogen-bond donors (Lipinski definition) is 0. The van der Waals surface area contributed by atoms with Crippen LogP contribution >= 0.6 is 0 Å². The smallest absolute Gasteiger partial charge is 0.387 e. The van der Waals surface area contributed by atoms with E-state index in [0.29, 0.717) is 26.2 Å². The lowest BCUT2D eigenvalue weighted by Crippen LogP contribution is -2.52. The molecule has 1 aliphatic rings. The highest BCUT2D eigenvalue weighted by Crippen LogP contribution is 2.23. The molecule has 1 heterocycles. The Kier molecular flexibility index (Phi) is 7.57. The molecule has 1 saturated heterocycles. The van der Waals surface area contributed by atoms with Gasteiger partial charge in [-0.1, -0.05) is 30.3 Å². The molecular formula is C23H27F2N3O3. The predicted octanol–water partition coefficient (Wildman–Crippen LogP) is 3.49. The lowest BCUT2D eigenvalue weighted by atomic mass is 10.1. The van der Waals surface area contributed by atoms with Gasteiger partial charge in [0.15, 0.2) is 0 Å². The van der Waals surface area contributed by atoms with Crippen molar-refractivity contribution in [2.45, 2.75) is 26.5 Å². The first-order chi connectivity index (χ1) is 14.9. The number of ether oxygens (including phenoxy) is 1. The summed E-state index contributed by atoms with van der Waals surface area (Å²) in [6.07, 6.45) is 0. The van der Waals surface area contributed by atoms with Gasteiger partial charge in [-0.15, -0.1) is 0 Å². The topological polar surface area (TPSA) is 53.1 Å². The molecule has 1 aliphatic heterocycles. The third-order valence-electron chi connectivity index (χ3n) is 5.17. The maximum atomic E-state index is 13.0. The Morgan fingerprint density at radius 1 is 0.968 bits per heavy atom. The second kappa shape index (κ2) is 10.3. The summed E-state index contributed by atoms with van der Waals surface area (Å²) < 4.78 is 29.7. The largest absolute Gasteiger partial charge is 0.434 e. The van der Waals surface area contributed by atoms with Crippen LogP contribution in [0.3, 0.4) is 0 Å². The Labute approximate surface area is 181 Å². The second-order valence-corrected chi connectivity index (χ2v) is 7.64. The van der Waals surface area contributed by atoms with E-state index < -0.39 is 6.61 Å². The van der Waals surface area contributed by atoms with Crippen molar-refractivity contribution in [3.8, 4) is 5.75 Å². The number of para-hydroxylation sites is 2. The fourth-order valence-corrected chi connectivity index (χ4v) is 3.71. The lowest BCUT2D eigenvalue weighted by molar-refractivity contribution is -0.120. The molecule has 8 heteroatoms. The Morgan fingerprint density at radius 2 is 1.58 bits per heavy atom. The van der Waals surface area contributed by atoms with E-state index >= 15 is 0 Å². The van der Waals surface area contributed by atoms with E-state index in [9.17, 15) is 18.4 Å². The lowest BCUT2D eigenvalue weighted by Gasteiger charge is -2.36. The average molecular weight is 431 g/mol. The van der Waals surface area contributed by atoms with Crippen LogP contribution in [0.4, 0.5) is 14.5 Å². The van der Waals surface area contributed by atoms with Gasteiger partial charge in [-0.2, -0.15) is 8.78 Å². The van der Waals surface area contributed by atoms with Gasteiger partial charge in [-0.3, -0.25) is 14.5 Å². The predicted molar refractivity (Wildman–Crippen MR) is 114 cm³/mol. The van der Waals surface area contributed by atoms with Gasteiger partial charge in [-0.05, 0) is 38.1 Å². The molecule has 3 rings (SSSR count). The molecule has 0 N–H and O–H groups in total. The normalized spacial score (nSPS) is 14.7. The monoisotopic (exact) mass is 431 g/mol. The summed E-state index contributed by atoms with van der Waals surface area (Å²) in [6.45, 7) is 3.06. The van der Waals surface area contributed by atoms with Crippen molar-refractivity contribution in [3.63, 3.8) is 0 Å². The van der Waals surface area contributed by atoms with Gasteiger partial charge >= 0.3 is 6.61 Å².